The lowest BCUT2D eigenvalue weighted by Gasteiger charge is -2.34. The number of hydrogen-bond acceptors (Lipinski definition) is 2. The molecule has 0 heterocycles. The molecule has 94 valence electrons. The zero-order chi connectivity index (χ0) is 12.5. The molecule has 2 heteroatoms. The van der Waals surface area contributed by atoms with Crippen molar-refractivity contribution in [3.63, 3.8) is 0 Å². The number of aliphatic hydroxyl groups is 1. The predicted octanol–water partition coefficient (Wildman–Crippen LogP) is 2.86. The number of nitrogens with two attached hydrogens (primary N) is 1. The van der Waals surface area contributed by atoms with Gasteiger partial charge in [-0.25, -0.2) is 0 Å². The second-order valence-corrected chi connectivity index (χ2v) is 5.48. The summed E-state index contributed by atoms with van der Waals surface area (Å²) in [5.41, 5.74) is 9.31. The molecule has 0 spiro atoms. The van der Waals surface area contributed by atoms with Crippen molar-refractivity contribution in [1.29, 1.82) is 0 Å². The maximum Gasteiger partial charge on any atom is 0.0863 e. The van der Waals surface area contributed by atoms with E-state index in [1.165, 1.54) is 24.0 Å². The Kier molecular flexibility index (Phi) is 3.55. The Hall–Kier alpha value is -0.860. The van der Waals surface area contributed by atoms with Crippen LogP contribution >= 0.6 is 0 Å². The maximum absolute atomic E-state index is 10.8. The number of aliphatic hydroxyl groups excluding tert-OH is 1. The van der Waals surface area contributed by atoms with E-state index in [0.717, 1.165) is 18.4 Å². The van der Waals surface area contributed by atoms with Gasteiger partial charge in [-0.3, -0.25) is 0 Å². The first-order valence-electron chi connectivity index (χ1n) is 6.55. The minimum Gasteiger partial charge on any atom is -0.388 e. The van der Waals surface area contributed by atoms with Crippen LogP contribution in [0.25, 0.3) is 0 Å². The smallest absolute Gasteiger partial charge is 0.0863 e. The Balaban J connectivity index is 2.39. The maximum atomic E-state index is 10.8. The van der Waals surface area contributed by atoms with Gasteiger partial charge in [0.1, 0.15) is 0 Å². The van der Waals surface area contributed by atoms with Crippen LogP contribution in [0.5, 0.6) is 0 Å². The summed E-state index contributed by atoms with van der Waals surface area (Å²) in [4.78, 5) is 0. The van der Waals surface area contributed by atoms with Crippen molar-refractivity contribution in [1.82, 2.24) is 0 Å². The summed E-state index contributed by atoms with van der Waals surface area (Å²) < 4.78 is 0. The third-order valence-electron chi connectivity index (χ3n) is 4.40. The van der Waals surface area contributed by atoms with Gasteiger partial charge < -0.3 is 10.8 Å². The summed E-state index contributed by atoms with van der Waals surface area (Å²) in [6.07, 6.45) is 4.09. The molecule has 1 saturated carbocycles. The molecule has 1 aliphatic carbocycles. The number of rotatable bonds is 3. The molecule has 17 heavy (non-hydrogen) atoms. The lowest BCUT2D eigenvalue weighted by molar-refractivity contribution is 0.0324. The summed E-state index contributed by atoms with van der Waals surface area (Å²) in [6.45, 7) is 4.73. The summed E-state index contributed by atoms with van der Waals surface area (Å²) in [5.74, 6) is 0. The van der Waals surface area contributed by atoms with Crippen LogP contribution in [-0.4, -0.2) is 11.7 Å². The molecule has 1 fully saturated rings. The monoisotopic (exact) mass is 233 g/mol. The molecule has 1 aromatic carbocycles. The third kappa shape index (κ3) is 2.12. The van der Waals surface area contributed by atoms with Crippen molar-refractivity contribution in [3.8, 4) is 0 Å². The Morgan fingerprint density at radius 1 is 1.24 bits per heavy atom. The van der Waals surface area contributed by atoms with E-state index < -0.39 is 6.10 Å². The summed E-state index contributed by atoms with van der Waals surface area (Å²) >= 11 is 0. The van der Waals surface area contributed by atoms with Gasteiger partial charge in [-0.05, 0) is 43.4 Å². The minimum atomic E-state index is -0.406. The molecule has 2 rings (SSSR count). The van der Waals surface area contributed by atoms with Crippen LogP contribution < -0.4 is 5.73 Å². The van der Waals surface area contributed by atoms with Crippen LogP contribution in [-0.2, 0) is 0 Å². The molecule has 3 N–H and O–H groups in total. The number of aryl methyl sites for hydroxylation is 2. The van der Waals surface area contributed by atoms with E-state index in [1.807, 2.05) is 6.07 Å². The molecule has 0 aliphatic heterocycles. The van der Waals surface area contributed by atoms with E-state index in [-0.39, 0.29) is 5.41 Å². The first-order chi connectivity index (χ1) is 8.10. The highest BCUT2D eigenvalue weighted by Gasteiger charge is 2.40. The van der Waals surface area contributed by atoms with Crippen LogP contribution in [0.3, 0.4) is 0 Å². The lowest BCUT2D eigenvalue weighted by Crippen LogP contribution is -2.34. The van der Waals surface area contributed by atoms with Crippen molar-refractivity contribution in [2.75, 3.05) is 6.54 Å². The molecule has 0 aromatic heterocycles. The van der Waals surface area contributed by atoms with E-state index in [0.29, 0.717) is 6.54 Å². The van der Waals surface area contributed by atoms with E-state index in [2.05, 4.69) is 26.0 Å². The zero-order valence-electron chi connectivity index (χ0n) is 10.9. The Morgan fingerprint density at radius 2 is 1.76 bits per heavy atom. The molecule has 0 saturated heterocycles. The molecule has 1 aliphatic rings. The first kappa shape index (κ1) is 12.6. The average Bonchev–Trinajstić information content (AvgIpc) is 2.78. The zero-order valence-corrected chi connectivity index (χ0v) is 10.9. The van der Waals surface area contributed by atoms with E-state index in [4.69, 9.17) is 5.73 Å². The fraction of sp³-hybridized carbons (Fsp3) is 0.600. The molecule has 1 unspecified atom stereocenters. The summed E-state index contributed by atoms with van der Waals surface area (Å²) in [7, 11) is 0. The highest BCUT2D eigenvalue weighted by atomic mass is 16.3. The quantitative estimate of drug-likeness (QED) is 0.843. The van der Waals surface area contributed by atoms with Gasteiger partial charge in [0.05, 0.1) is 6.10 Å². The fourth-order valence-electron chi connectivity index (χ4n) is 3.23. The van der Waals surface area contributed by atoms with Crippen LogP contribution in [0.1, 0.15) is 48.5 Å². The minimum absolute atomic E-state index is 0.0864. The SMILES string of the molecule is Cc1cccc(C)c1C(O)C1(CN)CCCC1. The summed E-state index contributed by atoms with van der Waals surface area (Å²) in [6, 6.07) is 6.19. The van der Waals surface area contributed by atoms with Gasteiger partial charge >= 0.3 is 0 Å². The number of benzene rings is 1. The normalized spacial score (nSPS) is 20.5. The molecule has 2 nitrogen and oxygen atoms in total. The second-order valence-electron chi connectivity index (χ2n) is 5.48. The van der Waals surface area contributed by atoms with Gasteiger partial charge in [0, 0.05) is 12.0 Å². The highest BCUT2D eigenvalue weighted by molar-refractivity contribution is 5.36. The van der Waals surface area contributed by atoms with Crippen molar-refractivity contribution in [2.24, 2.45) is 11.1 Å². The topological polar surface area (TPSA) is 46.2 Å². The van der Waals surface area contributed by atoms with Crippen molar-refractivity contribution in [3.05, 3.63) is 34.9 Å². The second kappa shape index (κ2) is 4.79. The van der Waals surface area contributed by atoms with Crippen molar-refractivity contribution in [2.45, 2.75) is 45.6 Å². The van der Waals surface area contributed by atoms with Gasteiger partial charge in [0.15, 0.2) is 0 Å². The standard InChI is InChI=1S/C15H23NO/c1-11-6-5-7-12(2)13(11)14(17)15(10-16)8-3-4-9-15/h5-7,14,17H,3-4,8-10,16H2,1-2H3. The predicted molar refractivity (Wildman–Crippen MR) is 70.8 cm³/mol. The van der Waals surface area contributed by atoms with Crippen LogP contribution in [0.4, 0.5) is 0 Å². The van der Waals surface area contributed by atoms with Crippen LogP contribution in [0.2, 0.25) is 0 Å². The highest BCUT2D eigenvalue weighted by Crippen LogP contribution is 2.47. The largest absolute Gasteiger partial charge is 0.388 e. The molecule has 0 amide bonds. The molecule has 1 atom stereocenters. The molecule has 1 aromatic rings. The van der Waals surface area contributed by atoms with Crippen LogP contribution in [0, 0.1) is 19.3 Å². The van der Waals surface area contributed by atoms with E-state index >= 15 is 0 Å². The van der Waals surface area contributed by atoms with E-state index in [1.54, 1.807) is 0 Å². The Labute approximate surface area is 104 Å². The Morgan fingerprint density at radius 3 is 2.24 bits per heavy atom. The third-order valence-corrected chi connectivity index (χ3v) is 4.40. The first-order valence-corrected chi connectivity index (χ1v) is 6.55. The fourth-order valence-corrected chi connectivity index (χ4v) is 3.23. The number of hydrogen-bond donors (Lipinski definition) is 2. The van der Waals surface area contributed by atoms with Crippen LogP contribution in [0.15, 0.2) is 18.2 Å². The van der Waals surface area contributed by atoms with Crippen molar-refractivity contribution >= 4 is 0 Å². The van der Waals surface area contributed by atoms with Gasteiger partial charge in [-0.2, -0.15) is 0 Å². The van der Waals surface area contributed by atoms with E-state index in [9.17, 15) is 5.11 Å². The van der Waals surface area contributed by atoms with Gasteiger partial charge in [0.2, 0.25) is 0 Å². The average molecular weight is 233 g/mol. The van der Waals surface area contributed by atoms with Gasteiger partial charge in [0.25, 0.3) is 0 Å². The molecule has 0 radical (unpaired) electrons. The Bertz CT molecular complexity index is 374. The van der Waals surface area contributed by atoms with Gasteiger partial charge in [-0.15, -0.1) is 0 Å². The molecular weight excluding hydrogens is 210 g/mol. The summed E-state index contributed by atoms with van der Waals surface area (Å²) in [5, 5.41) is 10.8. The van der Waals surface area contributed by atoms with Gasteiger partial charge in [-0.1, -0.05) is 31.0 Å². The lowest BCUT2D eigenvalue weighted by atomic mass is 9.75. The molecule has 0 bridgehead atoms. The molecular formula is C15H23NO. The van der Waals surface area contributed by atoms with Crippen molar-refractivity contribution < 1.29 is 5.11 Å².